The second kappa shape index (κ2) is 4.94. The molecule has 17 heavy (non-hydrogen) atoms. The van der Waals surface area contributed by atoms with E-state index in [1.165, 1.54) is 12.3 Å². The van der Waals surface area contributed by atoms with Crippen molar-refractivity contribution in [1.29, 1.82) is 0 Å². The van der Waals surface area contributed by atoms with E-state index in [-0.39, 0.29) is 0 Å². The predicted molar refractivity (Wildman–Crippen MR) is 67.1 cm³/mol. The van der Waals surface area contributed by atoms with Crippen LogP contribution in [0, 0.1) is 12.7 Å². The Balaban J connectivity index is 2.36. The fourth-order valence-electron chi connectivity index (χ4n) is 1.55. The highest BCUT2D eigenvalue weighted by Crippen LogP contribution is 2.26. The van der Waals surface area contributed by atoms with Gasteiger partial charge in [-0.3, -0.25) is 4.98 Å². The van der Waals surface area contributed by atoms with Crippen molar-refractivity contribution in [3.05, 3.63) is 63.6 Å². The number of aliphatic hydroxyl groups is 1. The molecule has 0 aliphatic carbocycles. The summed E-state index contributed by atoms with van der Waals surface area (Å²) in [6.45, 7) is 1.96. The Bertz CT molecular complexity index is 545. The summed E-state index contributed by atoms with van der Waals surface area (Å²) in [4.78, 5) is 3.72. The molecular formula is C13H11BrFNO. The molecule has 0 aliphatic rings. The number of hydrogen-bond donors (Lipinski definition) is 1. The van der Waals surface area contributed by atoms with E-state index in [2.05, 4.69) is 20.9 Å². The Morgan fingerprint density at radius 3 is 2.65 bits per heavy atom. The lowest BCUT2D eigenvalue weighted by atomic mass is 10.0. The summed E-state index contributed by atoms with van der Waals surface area (Å²) < 4.78 is 13.9. The van der Waals surface area contributed by atoms with Crippen LogP contribution in [0.5, 0.6) is 0 Å². The Hall–Kier alpha value is -1.26. The zero-order chi connectivity index (χ0) is 12.4. The second-order valence-corrected chi connectivity index (χ2v) is 4.70. The van der Waals surface area contributed by atoms with E-state index in [0.29, 0.717) is 11.1 Å². The minimum atomic E-state index is -0.866. The summed E-state index contributed by atoms with van der Waals surface area (Å²) in [7, 11) is 0. The number of rotatable bonds is 2. The summed E-state index contributed by atoms with van der Waals surface area (Å²) in [5.41, 5.74) is 2.23. The van der Waals surface area contributed by atoms with Crippen LogP contribution in [-0.2, 0) is 0 Å². The third kappa shape index (κ3) is 2.70. The molecule has 0 aliphatic heterocycles. The zero-order valence-electron chi connectivity index (χ0n) is 9.19. The lowest BCUT2D eigenvalue weighted by molar-refractivity contribution is 0.219. The molecule has 0 radical (unpaired) electrons. The molecule has 4 heteroatoms. The van der Waals surface area contributed by atoms with Crippen LogP contribution in [0.4, 0.5) is 4.39 Å². The zero-order valence-corrected chi connectivity index (χ0v) is 10.8. The van der Waals surface area contributed by atoms with E-state index in [4.69, 9.17) is 0 Å². The van der Waals surface area contributed by atoms with Crippen LogP contribution in [0.15, 0.2) is 41.1 Å². The van der Waals surface area contributed by atoms with Crippen molar-refractivity contribution in [1.82, 2.24) is 4.98 Å². The highest BCUT2D eigenvalue weighted by atomic mass is 79.9. The van der Waals surface area contributed by atoms with E-state index in [9.17, 15) is 9.50 Å². The number of pyridine rings is 1. The summed E-state index contributed by atoms with van der Waals surface area (Å²) in [5, 5.41) is 10.1. The molecule has 88 valence electrons. The quantitative estimate of drug-likeness (QED) is 0.921. The second-order valence-electron chi connectivity index (χ2n) is 3.85. The molecule has 1 heterocycles. The highest BCUT2D eigenvalue weighted by Gasteiger charge is 2.12. The van der Waals surface area contributed by atoms with Crippen molar-refractivity contribution >= 4 is 15.9 Å². The van der Waals surface area contributed by atoms with Crippen molar-refractivity contribution in [2.75, 3.05) is 0 Å². The molecule has 1 N–H and O–H groups in total. The first-order valence-corrected chi connectivity index (χ1v) is 5.92. The number of hydrogen-bond acceptors (Lipinski definition) is 2. The standard InChI is InChI=1S/C13H11BrFNO/c1-8-2-3-9(5-12(8)14)13(17)10-4-11(15)7-16-6-10/h2-7,13,17H,1H3. The van der Waals surface area contributed by atoms with Crippen molar-refractivity contribution in [2.24, 2.45) is 0 Å². The van der Waals surface area contributed by atoms with Gasteiger partial charge in [0.2, 0.25) is 0 Å². The largest absolute Gasteiger partial charge is 0.384 e. The van der Waals surface area contributed by atoms with Gasteiger partial charge in [0, 0.05) is 16.2 Å². The van der Waals surface area contributed by atoms with Gasteiger partial charge >= 0.3 is 0 Å². The summed E-state index contributed by atoms with van der Waals surface area (Å²) in [6.07, 6.45) is 1.71. The van der Waals surface area contributed by atoms with Gasteiger partial charge in [-0.2, -0.15) is 0 Å². The maximum Gasteiger partial charge on any atom is 0.141 e. The number of aromatic nitrogens is 1. The van der Waals surface area contributed by atoms with Gasteiger partial charge in [0.15, 0.2) is 0 Å². The first-order chi connectivity index (χ1) is 8.08. The number of benzene rings is 1. The predicted octanol–water partition coefficient (Wildman–Crippen LogP) is 3.37. The number of aliphatic hydroxyl groups excluding tert-OH is 1. The summed E-state index contributed by atoms with van der Waals surface area (Å²) in [5.74, 6) is -0.451. The van der Waals surface area contributed by atoms with Gasteiger partial charge in [0.1, 0.15) is 11.9 Å². The Labute approximate surface area is 107 Å². The molecular weight excluding hydrogens is 285 g/mol. The Morgan fingerprint density at radius 1 is 1.24 bits per heavy atom. The Morgan fingerprint density at radius 2 is 2.00 bits per heavy atom. The fraction of sp³-hybridized carbons (Fsp3) is 0.154. The van der Waals surface area contributed by atoms with Crippen LogP contribution in [0.3, 0.4) is 0 Å². The van der Waals surface area contributed by atoms with E-state index < -0.39 is 11.9 Å². The van der Waals surface area contributed by atoms with E-state index in [1.807, 2.05) is 25.1 Å². The fourth-order valence-corrected chi connectivity index (χ4v) is 1.95. The average molecular weight is 296 g/mol. The molecule has 1 atom stereocenters. The van der Waals surface area contributed by atoms with Crippen LogP contribution in [0.1, 0.15) is 22.8 Å². The van der Waals surface area contributed by atoms with Gasteiger partial charge in [0.25, 0.3) is 0 Å². The normalized spacial score (nSPS) is 12.5. The third-order valence-corrected chi connectivity index (χ3v) is 3.41. The number of halogens is 2. The number of aryl methyl sites for hydroxylation is 1. The van der Waals surface area contributed by atoms with Gasteiger partial charge in [-0.25, -0.2) is 4.39 Å². The van der Waals surface area contributed by atoms with Gasteiger partial charge in [0.05, 0.1) is 6.20 Å². The monoisotopic (exact) mass is 295 g/mol. The molecule has 1 aromatic carbocycles. The highest BCUT2D eigenvalue weighted by molar-refractivity contribution is 9.10. The van der Waals surface area contributed by atoms with E-state index in [0.717, 1.165) is 16.2 Å². The van der Waals surface area contributed by atoms with Crippen LogP contribution < -0.4 is 0 Å². The topological polar surface area (TPSA) is 33.1 Å². The average Bonchev–Trinajstić information content (AvgIpc) is 2.32. The maximum absolute atomic E-state index is 13.0. The maximum atomic E-state index is 13.0. The van der Waals surface area contributed by atoms with Crippen molar-refractivity contribution in [2.45, 2.75) is 13.0 Å². The first-order valence-electron chi connectivity index (χ1n) is 5.12. The minimum Gasteiger partial charge on any atom is -0.384 e. The molecule has 2 rings (SSSR count). The molecule has 0 amide bonds. The summed E-state index contributed by atoms with van der Waals surface area (Å²) in [6, 6.07) is 6.82. The smallest absolute Gasteiger partial charge is 0.141 e. The molecule has 1 unspecified atom stereocenters. The van der Waals surface area contributed by atoms with Crippen LogP contribution in [0.2, 0.25) is 0 Å². The van der Waals surface area contributed by atoms with Crippen LogP contribution >= 0.6 is 15.9 Å². The van der Waals surface area contributed by atoms with Crippen molar-refractivity contribution in [3.8, 4) is 0 Å². The molecule has 0 bridgehead atoms. The van der Waals surface area contributed by atoms with Crippen LogP contribution in [0.25, 0.3) is 0 Å². The molecule has 0 saturated carbocycles. The van der Waals surface area contributed by atoms with Crippen LogP contribution in [-0.4, -0.2) is 10.1 Å². The van der Waals surface area contributed by atoms with Crippen molar-refractivity contribution < 1.29 is 9.50 Å². The minimum absolute atomic E-state index is 0.445. The lowest BCUT2D eigenvalue weighted by Crippen LogP contribution is -2.01. The molecule has 0 saturated heterocycles. The van der Waals surface area contributed by atoms with Gasteiger partial charge in [-0.15, -0.1) is 0 Å². The van der Waals surface area contributed by atoms with E-state index >= 15 is 0 Å². The lowest BCUT2D eigenvalue weighted by Gasteiger charge is -2.12. The van der Waals surface area contributed by atoms with Gasteiger partial charge in [-0.05, 0) is 30.2 Å². The van der Waals surface area contributed by atoms with Gasteiger partial charge < -0.3 is 5.11 Å². The molecule has 2 aromatic rings. The van der Waals surface area contributed by atoms with Gasteiger partial charge in [-0.1, -0.05) is 28.1 Å². The summed E-state index contributed by atoms with van der Waals surface area (Å²) >= 11 is 3.40. The SMILES string of the molecule is Cc1ccc(C(O)c2cncc(F)c2)cc1Br. The molecule has 0 spiro atoms. The first kappa shape index (κ1) is 12.2. The van der Waals surface area contributed by atoms with Crippen molar-refractivity contribution in [3.63, 3.8) is 0 Å². The molecule has 0 fully saturated rings. The van der Waals surface area contributed by atoms with E-state index in [1.54, 1.807) is 0 Å². The third-order valence-electron chi connectivity index (χ3n) is 2.55. The Kier molecular flexibility index (Phi) is 3.54. The molecule has 2 nitrogen and oxygen atoms in total. The number of nitrogens with zero attached hydrogens (tertiary/aromatic N) is 1. The molecule has 1 aromatic heterocycles.